The first kappa shape index (κ1) is 25.9. The number of Topliss-reactive ketones (excluding diaryl/α,β-unsaturated/α-hetero) is 1. The van der Waals surface area contributed by atoms with Crippen molar-refractivity contribution in [3.05, 3.63) is 58.5 Å². The molecule has 1 aliphatic rings. The number of piperidine rings is 1. The van der Waals surface area contributed by atoms with Crippen LogP contribution in [-0.4, -0.2) is 55.7 Å². The molecule has 0 aliphatic carbocycles. The number of anilines is 2. The highest BCUT2D eigenvalue weighted by Gasteiger charge is 2.20. The third kappa shape index (κ3) is 5.02. The van der Waals surface area contributed by atoms with Crippen LogP contribution in [0.25, 0.3) is 22.3 Å². The summed E-state index contributed by atoms with van der Waals surface area (Å²) in [5, 5.41) is 18.1. The summed E-state index contributed by atoms with van der Waals surface area (Å²) >= 11 is 12.2. The molecule has 0 atom stereocenters. The Balaban J connectivity index is 0.00000304. The van der Waals surface area contributed by atoms with Crippen molar-refractivity contribution < 1.29 is 9.90 Å². The summed E-state index contributed by atoms with van der Waals surface area (Å²) in [4.78, 5) is 24.0. The molecule has 8 nitrogen and oxygen atoms in total. The number of aromatic hydroxyl groups is 1. The lowest BCUT2D eigenvalue weighted by Crippen LogP contribution is -2.31. The number of phenols is 1. The first-order valence-corrected chi connectivity index (χ1v) is 12.0. The van der Waals surface area contributed by atoms with Gasteiger partial charge in [-0.25, -0.2) is 4.98 Å². The maximum absolute atomic E-state index is 12.5. The number of ketones is 1. The molecule has 0 saturated carbocycles. The Kier molecular flexibility index (Phi) is 7.49. The van der Waals surface area contributed by atoms with Gasteiger partial charge in [-0.3, -0.25) is 14.5 Å². The lowest BCUT2D eigenvalue weighted by atomic mass is 10.1. The molecule has 4 heterocycles. The van der Waals surface area contributed by atoms with E-state index in [1.807, 2.05) is 16.9 Å². The van der Waals surface area contributed by atoms with Gasteiger partial charge < -0.3 is 15.3 Å². The minimum atomic E-state index is -0.178. The highest BCUT2D eigenvalue weighted by molar-refractivity contribution is 6.37. The zero-order chi connectivity index (χ0) is 24.7. The van der Waals surface area contributed by atoms with Crippen LogP contribution >= 0.6 is 23.2 Å². The number of aromatic nitrogens is 4. The molecule has 3 aromatic heterocycles. The Bertz CT molecular complexity index is 1410. The van der Waals surface area contributed by atoms with Gasteiger partial charge in [-0.05, 0) is 64.2 Å². The smallest absolute Gasteiger partial charge is 0.163 e. The van der Waals surface area contributed by atoms with E-state index in [1.165, 1.54) is 6.92 Å². The van der Waals surface area contributed by atoms with Gasteiger partial charge in [-0.15, -0.1) is 0 Å². The molecule has 188 valence electrons. The maximum Gasteiger partial charge on any atom is 0.163 e. The number of likely N-dealkylation sites (tertiary alicyclic amines) is 1. The Morgan fingerprint density at radius 3 is 2.50 bits per heavy atom. The molecule has 1 fully saturated rings. The van der Waals surface area contributed by atoms with E-state index in [9.17, 15) is 9.90 Å². The molecule has 0 unspecified atom stereocenters. The van der Waals surface area contributed by atoms with Gasteiger partial charge in [0, 0.05) is 18.0 Å². The minimum Gasteiger partial charge on any atom is -0.505 e. The van der Waals surface area contributed by atoms with Gasteiger partial charge in [0.15, 0.2) is 11.5 Å². The Labute approximate surface area is 219 Å². The third-order valence-corrected chi connectivity index (χ3v) is 6.91. The van der Waals surface area contributed by atoms with Crippen molar-refractivity contribution in [2.45, 2.75) is 33.2 Å². The highest BCUT2D eigenvalue weighted by Crippen LogP contribution is 2.37. The summed E-state index contributed by atoms with van der Waals surface area (Å²) in [6.07, 6.45) is 7.37. The molecule has 2 N–H and O–H groups in total. The van der Waals surface area contributed by atoms with Gasteiger partial charge in [0.05, 0.1) is 50.4 Å². The Morgan fingerprint density at radius 1 is 1.14 bits per heavy atom. The number of fused-ring (bicyclic) bond motifs is 1. The molecule has 1 aliphatic heterocycles. The van der Waals surface area contributed by atoms with Crippen molar-refractivity contribution in [3.63, 3.8) is 0 Å². The van der Waals surface area contributed by atoms with Crippen LogP contribution < -0.4 is 5.32 Å². The van der Waals surface area contributed by atoms with Gasteiger partial charge in [0.2, 0.25) is 0 Å². The molecule has 0 amide bonds. The number of phenolic OH excluding ortho intramolecular Hbond substituents is 1. The second-order valence-electron chi connectivity index (χ2n) is 8.82. The van der Waals surface area contributed by atoms with Gasteiger partial charge in [0.1, 0.15) is 5.52 Å². The standard InChI is InChI=1S/C25H24Cl2N6O2.CH4/c1-14(34)18-12-28-22-4-3-21(15-9-19(26)25(35)20(27)10-15)31-24(22)23(18)30-16-11-29-33(13-16)17-5-7-32(2)8-6-17;/h3-4,9-13,17,35H,5-8H2,1-2H3,(H,28,30);1H4. The van der Waals surface area contributed by atoms with Crippen molar-refractivity contribution in [3.8, 4) is 17.0 Å². The number of nitrogens with one attached hydrogen (secondary N) is 1. The molecule has 0 radical (unpaired) electrons. The average Bonchev–Trinajstić information content (AvgIpc) is 3.31. The first-order chi connectivity index (χ1) is 16.8. The fourth-order valence-electron chi connectivity index (χ4n) is 4.34. The molecule has 1 aromatic carbocycles. The topological polar surface area (TPSA) is 96.2 Å². The number of nitrogens with zero attached hydrogens (tertiary/aromatic N) is 5. The molecular formula is C26H28Cl2N6O2. The van der Waals surface area contributed by atoms with Crippen molar-refractivity contribution in [2.24, 2.45) is 0 Å². The second kappa shape index (κ2) is 10.4. The fourth-order valence-corrected chi connectivity index (χ4v) is 4.83. The number of carbonyl (C=O) groups is 1. The number of hydrogen-bond donors (Lipinski definition) is 2. The summed E-state index contributed by atoms with van der Waals surface area (Å²) in [6.45, 7) is 3.57. The van der Waals surface area contributed by atoms with Gasteiger partial charge in [-0.2, -0.15) is 5.10 Å². The van der Waals surface area contributed by atoms with Crippen LogP contribution in [0.5, 0.6) is 5.75 Å². The molecule has 1 saturated heterocycles. The predicted molar refractivity (Wildman–Crippen MR) is 145 cm³/mol. The second-order valence-corrected chi connectivity index (χ2v) is 9.64. The monoisotopic (exact) mass is 526 g/mol. The summed E-state index contributed by atoms with van der Waals surface area (Å²) in [7, 11) is 2.13. The van der Waals surface area contributed by atoms with E-state index in [-0.39, 0.29) is 29.0 Å². The Hall–Kier alpha value is -3.20. The van der Waals surface area contributed by atoms with Crippen LogP contribution in [0.3, 0.4) is 0 Å². The number of rotatable bonds is 5. The minimum absolute atomic E-state index is 0. The van der Waals surface area contributed by atoms with Crippen LogP contribution in [0, 0.1) is 0 Å². The van der Waals surface area contributed by atoms with Gasteiger partial charge in [0.25, 0.3) is 0 Å². The number of halogens is 2. The largest absolute Gasteiger partial charge is 0.505 e. The number of carbonyl (C=O) groups excluding carboxylic acids is 1. The lowest BCUT2D eigenvalue weighted by molar-refractivity contribution is 0.101. The highest BCUT2D eigenvalue weighted by atomic mass is 35.5. The summed E-state index contributed by atoms with van der Waals surface area (Å²) in [5.41, 5.74) is 4.12. The zero-order valence-electron chi connectivity index (χ0n) is 19.3. The van der Waals surface area contributed by atoms with Gasteiger partial charge in [-0.1, -0.05) is 30.6 Å². The first-order valence-electron chi connectivity index (χ1n) is 11.3. The van der Waals surface area contributed by atoms with Crippen molar-refractivity contribution >= 4 is 51.4 Å². The molecule has 0 bridgehead atoms. The van der Waals surface area contributed by atoms with E-state index in [4.69, 9.17) is 28.2 Å². The van der Waals surface area contributed by atoms with E-state index in [0.29, 0.717) is 39.6 Å². The SMILES string of the molecule is C.CC(=O)c1cnc2ccc(-c3cc(Cl)c(O)c(Cl)c3)nc2c1Nc1cnn(C2CCN(C)CC2)c1. The van der Waals surface area contributed by atoms with Crippen LogP contribution in [0.15, 0.2) is 42.9 Å². The molecule has 4 aromatic rings. The molecule has 5 rings (SSSR count). The summed E-state index contributed by atoms with van der Waals surface area (Å²) in [5.74, 6) is -0.310. The number of benzene rings is 1. The summed E-state index contributed by atoms with van der Waals surface area (Å²) in [6, 6.07) is 7.15. The predicted octanol–water partition coefficient (Wildman–Crippen LogP) is 6.35. The van der Waals surface area contributed by atoms with E-state index in [2.05, 4.69) is 27.3 Å². The number of hydrogen-bond acceptors (Lipinski definition) is 7. The van der Waals surface area contributed by atoms with Crippen molar-refractivity contribution in [1.82, 2.24) is 24.6 Å². The molecular weight excluding hydrogens is 499 g/mol. The van der Waals surface area contributed by atoms with E-state index in [0.717, 1.165) is 31.6 Å². The van der Waals surface area contributed by atoms with Crippen LogP contribution in [0.2, 0.25) is 10.0 Å². The Morgan fingerprint density at radius 2 is 1.83 bits per heavy atom. The lowest BCUT2D eigenvalue weighted by Gasteiger charge is -2.28. The zero-order valence-corrected chi connectivity index (χ0v) is 20.8. The van der Waals surface area contributed by atoms with Gasteiger partial charge >= 0.3 is 0 Å². The van der Waals surface area contributed by atoms with Crippen LogP contribution in [0.1, 0.15) is 43.6 Å². The van der Waals surface area contributed by atoms with Crippen LogP contribution in [0.4, 0.5) is 11.4 Å². The van der Waals surface area contributed by atoms with E-state index >= 15 is 0 Å². The fraction of sp³-hybridized carbons (Fsp3) is 0.308. The quantitative estimate of drug-likeness (QED) is 0.292. The maximum atomic E-state index is 12.5. The van der Waals surface area contributed by atoms with E-state index < -0.39 is 0 Å². The average molecular weight is 527 g/mol. The third-order valence-electron chi connectivity index (χ3n) is 6.34. The van der Waals surface area contributed by atoms with E-state index in [1.54, 1.807) is 30.6 Å². The molecule has 0 spiro atoms. The molecule has 10 heteroatoms. The van der Waals surface area contributed by atoms with Crippen molar-refractivity contribution in [2.75, 3.05) is 25.5 Å². The molecule has 36 heavy (non-hydrogen) atoms. The number of pyridine rings is 2. The normalized spacial score (nSPS) is 14.6. The summed E-state index contributed by atoms with van der Waals surface area (Å²) < 4.78 is 1.99. The van der Waals surface area contributed by atoms with Crippen LogP contribution in [-0.2, 0) is 0 Å². The van der Waals surface area contributed by atoms with Crippen molar-refractivity contribution in [1.29, 1.82) is 0 Å².